The van der Waals surface area contributed by atoms with Gasteiger partial charge in [0.1, 0.15) is 0 Å². The first-order chi connectivity index (χ1) is 9.13. The highest BCUT2D eigenvalue weighted by molar-refractivity contribution is 7.80. The van der Waals surface area contributed by atoms with Crippen molar-refractivity contribution in [3.8, 4) is 0 Å². The molecule has 1 aromatic carbocycles. The zero-order valence-electron chi connectivity index (χ0n) is 11.0. The fourth-order valence-electron chi connectivity index (χ4n) is 2.26. The summed E-state index contributed by atoms with van der Waals surface area (Å²) in [5.41, 5.74) is 1.71. The van der Waals surface area contributed by atoms with Crippen molar-refractivity contribution in [2.45, 2.75) is 38.6 Å². The maximum atomic E-state index is 10.9. The van der Waals surface area contributed by atoms with E-state index in [9.17, 15) is 4.79 Å². The smallest absolute Gasteiger partial charge is 0.221 e. The summed E-state index contributed by atoms with van der Waals surface area (Å²) in [6, 6.07) is 8.00. The molecule has 102 valence electrons. The number of hydrogen-bond acceptors (Lipinski definition) is 2. The van der Waals surface area contributed by atoms with Crippen LogP contribution in [-0.4, -0.2) is 17.1 Å². The van der Waals surface area contributed by atoms with Gasteiger partial charge in [-0.1, -0.05) is 12.8 Å². The van der Waals surface area contributed by atoms with E-state index in [-0.39, 0.29) is 5.91 Å². The van der Waals surface area contributed by atoms with Crippen LogP contribution in [0, 0.1) is 0 Å². The van der Waals surface area contributed by atoms with Crippen molar-refractivity contribution in [2.24, 2.45) is 0 Å². The molecule has 1 aliphatic rings. The van der Waals surface area contributed by atoms with Gasteiger partial charge < -0.3 is 16.0 Å². The summed E-state index contributed by atoms with van der Waals surface area (Å²) in [6.45, 7) is 1.49. The van der Waals surface area contributed by atoms with E-state index in [0.29, 0.717) is 11.2 Å². The predicted molar refractivity (Wildman–Crippen MR) is 82.4 cm³/mol. The Balaban J connectivity index is 1.84. The highest BCUT2D eigenvalue weighted by Crippen LogP contribution is 2.18. The molecule has 1 saturated carbocycles. The van der Waals surface area contributed by atoms with Gasteiger partial charge in [-0.15, -0.1) is 0 Å². The summed E-state index contributed by atoms with van der Waals surface area (Å²) >= 11 is 5.28. The highest BCUT2D eigenvalue weighted by atomic mass is 32.1. The second-order valence-corrected chi connectivity index (χ2v) is 5.25. The molecule has 0 saturated heterocycles. The molecule has 1 fully saturated rings. The molecule has 0 unspecified atom stereocenters. The largest absolute Gasteiger partial charge is 0.360 e. The number of anilines is 2. The number of benzene rings is 1. The zero-order chi connectivity index (χ0) is 13.7. The molecule has 0 radical (unpaired) electrons. The molecule has 0 bridgehead atoms. The van der Waals surface area contributed by atoms with Crippen LogP contribution < -0.4 is 16.0 Å². The van der Waals surface area contributed by atoms with Crippen LogP contribution in [0.3, 0.4) is 0 Å². The Hall–Kier alpha value is -1.62. The molecule has 5 heteroatoms. The molecule has 0 spiro atoms. The molecular weight excluding hydrogens is 258 g/mol. The normalized spacial score (nSPS) is 15.0. The van der Waals surface area contributed by atoms with Gasteiger partial charge in [-0.25, -0.2) is 0 Å². The van der Waals surface area contributed by atoms with E-state index in [4.69, 9.17) is 12.2 Å². The lowest BCUT2D eigenvalue weighted by Crippen LogP contribution is -2.35. The zero-order valence-corrected chi connectivity index (χ0v) is 11.8. The molecule has 0 atom stereocenters. The molecule has 2 rings (SSSR count). The van der Waals surface area contributed by atoms with E-state index in [1.165, 1.54) is 32.6 Å². The van der Waals surface area contributed by atoms with Crippen LogP contribution in [-0.2, 0) is 4.79 Å². The van der Waals surface area contributed by atoms with E-state index in [0.717, 1.165) is 11.4 Å². The Morgan fingerprint density at radius 3 is 2.16 bits per heavy atom. The monoisotopic (exact) mass is 277 g/mol. The first kappa shape index (κ1) is 13.8. The summed E-state index contributed by atoms with van der Waals surface area (Å²) in [4.78, 5) is 10.9. The first-order valence-electron chi connectivity index (χ1n) is 6.58. The molecule has 0 aliphatic heterocycles. The summed E-state index contributed by atoms with van der Waals surface area (Å²) in [5, 5.41) is 9.88. The van der Waals surface area contributed by atoms with Crippen LogP contribution >= 0.6 is 12.2 Å². The summed E-state index contributed by atoms with van der Waals surface area (Å²) < 4.78 is 0. The topological polar surface area (TPSA) is 53.2 Å². The SMILES string of the molecule is CC(=O)Nc1ccc(NC(=S)NC2CCCC2)cc1. The van der Waals surface area contributed by atoms with Crippen molar-refractivity contribution in [3.63, 3.8) is 0 Å². The quantitative estimate of drug-likeness (QED) is 0.744. The van der Waals surface area contributed by atoms with Gasteiger partial charge in [0, 0.05) is 24.3 Å². The number of rotatable bonds is 3. The Bertz CT molecular complexity index is 452. The molecule has 19 heavy (non-hydrogen) atoms. The Morgan fingerprint density at radius 2 is 1.63 bits per heavy atom. The Labute approximate surface area is 119 Å². The average Bonchev–Trinajstić information content (AvgIpc) is 2.83. The maximum absolute atomic E-state index is 10.9. The summed E-state index contributed by atoms with van der Waals surface area (Å²) in [6.07, 6.45) is 4.96. The highest BCUT2D eigenvalue weighted by Gasteiger charge is 2.15. The third-order valence-corrected chi connectivity index (χ3v) is 3.37. The van der Waals surface area contributed by atoms with Gasteiger partial charge in [-0.05, 0) is 49.3 Å². The van der Waals surface area contributed by atoms with E-state index in [1.54, 1.807) is 0 Å². The molecule has 3 N–H and O–H groups in total. The van der Waals surface area contributed by atoms with Gasteiger partial charge in [0.2, 0.25) is 5.91 Å². The summed E-state index contributed by atoms with van der Waals surface area (Å²) in [5.74, 6) is -0.0702. The van der Waals surface area contributed by atoms with Gasteiger partial charge in [-0.2, -0.15) is 0 Å². The number of amides is 1. The Morgan fingerprint density at radius 1 is 1.11 bits per heavy atom. The molecule has 4 nitrogen and oxygen atoms in total. The van der Waals surface area contributed by atoms with Crippen LogP contribution in [0.2, 0.25) is 0 Å². The van der Waals surface area contributed by atoms with Crippen molar-refractivity contribution < 1.29 is 4.79 Å². The van der Waals surface area contributed by atoms with Crippen LogP contribution in [0.15, 0.2) is 24.3 Å². The fraction of sp³-hybridized carbons (Fsp3) is 0.429. The first-order valence-corrected chi connectivity index (χ1v) is 6.99. The average molecular weight is 277 g/mol. The van der Waals surface area contributed by atoms with Crippen LogP contribution in [0.25, 0.3) is 0 Å². The lowest BCUT2D eigenvalue weighted by atomic mass is 10.2. The number of hydrogen-bond donors (Lipinski definition) is 3. The molecule has 1 amide bonds. The van der Waals surface area contributed by atoms with Crippen molar-refractivity contribution >= 4 is 34.6 Å². The van der Waals surface area contributed by atoms with E-state index < -0.39 is 0 Å². The van der Waals surface area contributed by atoms with E-state index in [2.05, 4.69) is 16.0 Å². The van der Waals surface area contributed by atoms with Gasteiger partial charge >= 0.3 is 0 Å². The minimum absolute atomic E-state index is 0.0702. The van der Waals surface area contributed by atoms with E-state index >= 15 is 0 Å². The standard InChI is InChI=1S/C14H19N3OS/c1-10(18)15-12-6-8-13(9-7-12)17-14(19)16-11-4-2-3-5-11/h6-9,11H,2-5H2,1H3,(H,15,18)(H2,16,17,19). The third-order valence-electron chi connectivity index (χ3n) is 3.15. The van der Waals surface area contributed by atoms with Gasteiger partial charge in [-0.3, -0.25) is 4.79 Å². The molecule has 0 aromatic heterocycles. The third kappa shape index (κ3) is 4.52. The van der Waals surface area contributed by atoms with Gasteiger partial charge in [0.15, 0.2) is 5.11 Å². The predicted octanol–water partition coefficient (Wildman–Crippen LogP) is 2.87. The Kier molecular flexibility index (Phi) is 4.74. The van der Waals surface area contributed by atoms with Crippen LogP contribution in [0.5, 0.6) is 0 Å². The molecule has 1 aromatic rings. The van der Waals surface area contributed by atoms with Crippen molar-refractivity contribution in [3.05, 3.63) is 24.3 Å². The van der Waals surface area contributed by atoms with Crippen LogP contribution in [0.4, 0.5) is 11.4 Å². The minimum atomic E-state index is -0.0702. The van der Waals surface area contributed by atoms with Gasteiger partial charge in [0.25, 0.3) is 0 Å². The van der Waals surface area contributed by atoms with Crippen LogP contribution in [0.1, 0.15) is 32.6 Å². The van der Waals surface area contributed by atoms with Crippen molar-refractivity contribution in [2.75, 3.05) is 10.6 Å². The number of carbonyl (C=O) groups excluding carboxylic acids is 1. The number of carbonyl (C=O) groups is 1. The number of nitrogens with one attached hydrogen (secondary N) is 3. The molecule has 0 heterocycles. The second kappa shape index (κ2) is 6.52. The van der Waals surface area contributed by atoms with Crippen molar-refractivity contribution in [1.82, 2.24) is 5.32 Å². The lowest BCUT2D eigenvalue weighted by Gasteiger charge is -2.15. The minimum Gasteiger partial charge on any atom is -0.360 e. The molecule has 1 aliphatic carbocycles. The van der Waals surface area contributed by atoms with E-state index in [1.807, 2.05) is 24.3 Å². The van der Waals surface area contributed by atoms with Crippen molar-refractivity contribution in [1.29, 1.82) is 0 Å². The maximum Gasteiger partial charge on any atom is 0.221 e. The lowest BCUT2D eigenvalue weighted by molar-refractivity contribution is -0.114. The molecular formula is C14H19N3OS. The number of thiocarbonyl (C=S) groups is 1. The second-order valence-electron chi connectivity index (χ2n) is 4.84. The summed E-state index contributed by atoms with van der Waals surface area (Å²) in [7, 11) is 0. The van der Waals surface area contributed by atoms with Gasteiger partial charge in [0.05, 0.1) is 0 Å². The fourth-order valence-corrected chi connectivity index (χ4v) is 2.55.